The average Bonchev–Trinajstić information content (AvgIpc) is 2.48. The van der Waals surface area contributed by atoms with Crippen LogP contribution in [0.15, 0.2) is 42.6 Å². The number of aromatic nitrogens is 1. The van der Waals surface area contributed by atoms with Crippen LogP contribution in [0.4, 0.5) is 5.69 Å². The minimum absolute atomic E-state index is 0.0764. The molecule has 3 N–H and O–H groups in total. The second-order valence-corrected chi connectivity index (χ2v) is 4.47. The first-order valence-electron chi connectivity index (χ1n) is 6.16. The van der Waals surface area contributed by atoms with E-state index >= 15 is 0 Å². The van der Waals surface area contributed by atoms with Crippen molar-refractivity contribution in [2.24, 2.45) is 5.73 Å². The predicted octanol–water partition coefficient (Wildman–Crippen LogP) is 1.61. The standard InChI is InChI=1S/C14H13N3O4/c15-11(14(18)19)8-9-3-5-10(6-4-9)13-12(17(20)21)2-1-7-16-13/h1-7,11H,8,15H2,(H,18,19). The molecule has 7 heteroatoms. The van der Waals surface area contributed by atoms with E-state index in [1.54, 1.807) is 24.3 Å². The van der Waals surface area contributed by atoms with Crippen LogP contribution in [-0.4, -0.2) is 27.0 Å². The fourth-order valence-electron chi connectivity index (χ4n) is 1.91. The van der Waals surface area contributed by atoms with Gasteiger partial charge in [-0.15, -0.1) is 0 Å². The number of aliphatic carboxylic acids is 1. The van der Waals surface area contributed by atoms with Gasteiger partial charge in [0.2, 0.25) is 0 Å². The van der Waals surface area contributed by atoms with Gasteiger partial charge in [-0.25, -0.2) is 4.98 Å². The number of nitrogens with zero attached hydrogens (tertiary/aromatic N) is 2. The van der Waals surface area contributed by atoms with Gasteiger partial charge in [0.1, 0.15) is 11.7 Å². The number of carbonyl (C=O) groups is 1. The smallest absolute Gasteiger partial charge is 0.320 e. The van der Waals surface area contributed by atoms with Crippen molar-refractivity contribution in [3.63, 3.8) is 0 Å². The molecule has 0 saturated heterocycles. The molecule has 0 aliphatic rings. The third-order valence-corrected chi connectivity index (χ3v) is 2.98. The Morgan fingerprint density at radius 2 is 2.00 bits per heavy atom. The maximum absolute atomic E-state index is 11.0. The van der Waals surface area contributed by atoms with Gasteiger partial charge in [0, 0.05) is 17.8 Å². The number of hydrogen-bond acceptors (Lipinski definition) is 5. The number of nitro groups is 1. The van der Waals surface area contributed by atoms with Crippen LogP contribution >= 0.6 is 0 Å². The highest BCUT2D eigenvalue weighted by atomic mass is 16.6. The van der Waals surface area contributed by atoms with Gasteiger partial charge in [0.15, 0.2) is 0 Å². The van der Waals surface area contributed by atoms with Crippen LogP contribution in [-0.2, 0) is 11.2 Å². The molecule has 21 heavy (non-hydrogen) atoms. The topological polar surface area (TPSA) is 119 Å². The Morgan fingerprint density at radius 1 is 1.33 bits per heavy atom. The number of hydrogen-bond donors (Lipinski definition) is 2. The second-order valence-electron chi connectivity index (χ2n) is 4.47. The number of rotatable bonds is 5. The summed E-state index contributed by atoms with van der Waals surface area (Å²) in [6, 6.07) is 8.63. The number of carboxylic acids is 1. The molecule has 0 aliphatic heterocycles. The van der Waals surface area contributed by atoms with Gasteiger partial charge in [-0.2, -0.15) is 0 Å². The Morgan fingerprint density at radius 3 is 2.57 bits per heavy atom. The van der Waals surface area contributed by atoms with E-state index in [0.29, 0.717) is 5.56 Å². The van der Waals surface area contributed by atoms with Gasteiger partial charge in [-0.3, -0.25) is 14.9 Å². The minimum atomic E-state index is -1.07. The van der Waals surface area contributed by atoms with Crippen LogP contribution < -0.4 is 5.73 Å². The van der Waals surface area contributed by atoms with Crippen molar-refractivity contribution in [3.8, 4) is 11.3 Å². The second kappa shape index (κ2) is 6.10. The van der Waals surface area contributed by atoms with E-state index in [4.69, 9.17) is 10.8 Å². The fraction of sp³-hybridized carbons (Fsp3) is 0.143. The molecule has 1 unspecified atom stereocenters. The predicted molar refractivity (Wildman–Crippen MR) is 75.6 cm³/mol. The molecule has 108 valence electrons. The zero-order valence-electron chi connectivity index (χ0n) is 11.0. The third-order valence-electron chi connectivity index (χ3n) is 2.98. The molecule has 1 heterocycles. The molecule has 0 aliphatic carbocycles. The van der Waals surface area contributed by atoms with Gasteiger partial charge >= 0.3 is 5.97 Å². The molecular weight excluding hydrogens is 274 g/mol. The number of pyridine rings is 1. The molecule has 2 rings (SSSR count). The summed E-state index contributed by atoms with van der Waals surface area (Å²) in [5.74, 6) is -1.07. The van der Waals surface area contributed by atoms with Gasteiger partial charge in [0.05, 0.1) is 4.92 Å². The van der Waals surface area contributed by atoms with Crippen molar-refractivity contribution in [1.82, 2.24) is 4.98 Å². The molecular formula is C14H13N3O4. The first kappa shape index (κ1) is 14.6. The van der Waals surface area contributed by atoms with E-state index in [9.17, 15) is 14.9 Å². The first-order chi connectivity index (χ1) is 9.99. The lowest BCUT2D eigenvalue weighted by molar-refractivity contribution is -0.384. The highest BCUT2D eigenvalue weighted by molar-refractivity contribution is 5.74. The van der Waals surface area contributed by atoms with E-state index in [1.807, 2.05) is 0 Å². The molecule has 0 spiro atoms. The first-order valence-corrected chi connectivity index (χ1v) is 6.16. The molecule has 0 bridgehead atoms. The summed E-state index contributed by atoms with van der Waals surface area (Å²) in [5.41, 5.74) is 6.99. The summed E-state index contributed by atoms with van der Waals surface area (Å²) in [7, 11) is 0. The van der Waals surface area contributed by atoms with Crippen molar-refractivity contribution in [2.75, 3.05) is 0 Å². The van der Waals surface area contributed by atoms with Crippen LogP contribution in [0.2, 0.25) is 0 Å². The van der Waals surface area contributed by atoms with Gasteiger partial charge in [-0.1, -0.05) is 24.3 Å². The summed E-state index contributed by atoms with van der Waals surface area (Å²) in [5, 5.41) is 19.7. The molecule has 0 radical (unpaired) electrons. The third kappa shape index (κ3) is 3.40. The molecule has 0 saturated carbocycles. The average molecular weight is 287 g/mol. The monoisotopic (exact) mass is 287 g/mol. The summed E-state index contributed by atoms with van der Waals surface area (Å²) >= 11 is 0. The zero-order chi connectivity index (χ0) is 15.4. The normalized spacial score (nSPS) is 11.9. The van der Waals surface area contributed by atoms with Gasteiger partial charge in [-0.05, 0) is 18.1 Å². The molecule has 1 atom stereocenters. The van der Waals surface area contributed by atoms with E-state index in [-0.39, 0.29) is 17.8 Å². The van der Waals surface area contributed by atoms with Crippen LogP contribution in [0.5, 0.6) is 0 Å². The molecule has 1 aromatic carbocycles. The largest absolute Gasteiger partial charge is 0.480 e. The Kier molecular flexibility index (Phi) is 4.24. The summed E-state index contributed by atoms with van der Waals surface area (Å²) in [6.45, 7) is 0. The summed E-state index contributed by atoms with van der Waals surface area (Å²) < 4.78 is 0. The summed E-state index contributed by atoms with van der Waals surface area (Å²) in [4.78, 5) is 25.2. The van der Waals surface area contributed by atoms with Gasteiger partial charge in [0.25, 0.3) is 5.69 Å². The molecule has 2 aromatic rings. The fourth-order valence-corrected chi connectivity index (χ4v) is 1.91. The maximum atomic E-state index is 11.0. The number of carboxylic acid groups (broad SMARTS) is 1. The molecule has 0 fully saturated rings. The Hall–Kier alpha value is -2.80. The van der Waals surface area contributed by atoms with Crippen molar-refractivity contribution in [1.29, 1.82) is 0 Å². The lowest BCUT2D eigenvalue weighted by Crippen LogP contribution is -2.32. The van der Waals surface area contributed by atoms with Crippen LogP contribution in [0, 0.1) is 10.1 Å². The Balaban J connectivity index is 2.27. The molecule has 0 amide bonds. The van der Waals surface area contributed by atoms with Crippen molar-refractivity contribution < 1.29 is 14.8 Å². The maximum Gasteiger partial charge on any atom is 0.320 e. The summed E-state index contributed by atoms with van der Waals surface area (Å²) in [6.07, 6.45) is 1.68. The highest BCUT2D eigenvalue weighted by Crippen LogP contribution is 2.27. The van der Waals surface area contributed by atoms with E-state index in [2.05, 4.69) is 4.98 Å². The van der Waals surface area contributed by atoms with Crippen LogP contribution in [0.25, 0.3) is 11.3 Å². The van der Waals surface area contributed by atoms with E-state index in [1.165, 1.54) is 18.3 Å². The van der Waals surface area contributed by atoms with Crippen molar-refractivity contribution >= 4 is 11.7 Å². The Labute approximate surface area is 120 Å². The van der Waals surface area contributed by atoms with Crippen LogP contribution in [0.3, 0.4) is 0 Å². The minimum Gasteiger partial charge on any atom is -0.480 e. The van der Waals surface area contributed by atoms with E-state index in [0.717, 1.165) is 5.56 Å². The van der Waals surface area contributed by atoms with Crippen LogP contribution in [0.1, 0.15) is 5.56 Å². The molecule has 1 aromatic heterocycles. The van der Waals surface area contributed by atoms with E-state index < -0.39 is 16.9 Å². The van der Waals surface area contributed by atoms with Crippen molar-refractivity contribution in [2.45, 2.75) is 12.5 Å². The lowest BCUT2D eigenvalue weighted by atomic mass is 10.0. The van der Waals surface area contributed by atoms with Gasteiger partial charge < -0.3 is 10.8 Å². The number of benzene rings is 1. The lowest BCUT2D eigenvalue weighted by Gasteiger charge is -2.07. The molecule has 7 nitrogen and oxygen atoms in total. The van der Waals surface area contributed by atoms with Crippen molar-refractivity contribution in [3.05, 3.63) is 58.3 Å². The SMILES string of the molecule is NC(Cc1ccc(-c2ncccc2[N+](=O)[O-])cc1)C(=O)O. The number of nitrogens with two attached hydrogens (primary N) is 1. The zero-order valence-corrected chi connectivity index (χ0v) is 11.0. The highest BCUT2D eigenvalue weighted by Gasteiger charge is 2.16. The Bertz CT molecular complexity index is 670. The quantitative estimate of drug-likeness (QED) is 0.636.